The van der Waals surface area contributed by atoms with Gasteiger partial charge in [0.25, 0.3) is 11.5 Å². The molecule has 3 aliphatic carbocycles. The number of ketones is 1. The van der Waals surface area contributed by atoms with Crippen molar-refractivity contribution in [2.75, 3.05) is 18.9 Å². The number of aromatic nitrogens is 1. The van der Waals surface area contributed by atoms with E-state index >= 15 is 0 Å². The van der Waals surface area contributed by atoms with Gasteiger partial charge in [0.2, 0.25) is 23.5 Å². The first-order valence-electron chi connectivity index (χ1n) is 12.3. The number of carbonyl (C=O) groups excluding carboxylic acids is 5. The third-order valence-corrected chi connectivity index (χ3v) is 6.12. The predicted octanol–water partition coefficient (Wildman–Crippen LogP) is -2.46. The van der Waals surface area contributed by atoms with E-state index in [0.29, 0.717) is 0 Å². The number of pyridine rings is 1. The summed E-state index contributed by atoms with van der Waals surface area (Å²) in [6.07, 6.45) is 9.56. The van der Waals surface area contributed by atoms with Gasteiger partial charge in [-0.15, -0.1) is 6.42 Å². The molecule has 1 unspecified atom stereocenters. The molecular formula is C25H36N5O6RbRe. The molecule has 0 saturated heterocycles. The van der Waals surface area contributed by atoms with E-state index in [1.165, 1.54) is 58.0 Å². The molecule has 4 N–H and O–H groups in total. The maximum atomic E-state index is 12.5. The average Bonchev–Trinajstić information content (AvgIpc) is 2.84. The molecule has 1 radical (unpaired) electrons. The molecule has 0 aromatic carbocycles. The van der Waals surface area contributed by atoms with Crippen molar-refractivity contribution >= 4 is 35.1 Å². The smallest absolute Gasteiger partial charge is 0.358 e. The Morgan fingerprint density at radius 1 is 1.16 bits per heavy atom. The second-order valence-corrected chi connectivity index (χ2v) is 8.97. The van der Waals surface area contributed by atoms with E-state index in [-0.39, 0.29) is 110 Å². The second kappa shape index (κ2) is 19.1. The predicted molar refractivity (Wildman–Crippen MR) is 134 cm³/mol. The molecule has 2 bridgehead atoms. The van der Waals surface area contributed by atoms with Gasteiger partial charge < -0.3 is 32.3 Å². The van der Waals surface area contributed by atoms with E-state index in [4.69, 9.17) is 0 Å². The van der Waals surface area contributed by atoms with E-state index in [9.17, 15) is 28.8 Å². The van der Waals surface area contributed by atoms with E-state index < -0.39 is 41.0 Å². The Morgan fingerprint density at radius 2 is 1.79 bits per heavy atom. The number of anilines is 1. The summed E-state index contributed by atoms with van der Waals surface area (Å²) < 4.78 is 1.11. The summed E-state index contributed by atoms with van der Waals surface area (Å²) in [4.78, 5) is 71.1. The van der Waals surface area contributed by atoms with Gasteiger partial charge in [0.15, 0.2) is 0 Å². The summed E-state index contributed by atoms with van der Waals surface area (Å²) in [5.41, 5.74) is -0.698. The Morgan fingerprint density at radius 3 is 2.26 bits per heavy atom. The molecule has 1 aromatic rings. The minimum absolute atomic E-state index is 0. The van der Waals surface area contributed by atoms with Gasteiger partial charge in [-0.1, -0.05) is 19.3 Å². The van der Waals surface area contributed by atoms with Crippen LogP contribution in [0.4, 0.5) is 5.69 Å². The normalized spacial score (nSPS) is 17.3. The molecule has 1 aromatic heterocycles. The van der Waals surface area contributed by atoms with E-state index in [0.717, 1.165) is 16.4 Å². The molecule has 38 heavy (non-hydrogen) atoms. The Balaban J connectivity index is 0.00000129. The molecule has 3 saturated carbocycles. The fraction of sp³-hybridized carbons (Fsp3) is 0.560. The van der Waals surface area contributed by atoms with E-state index in [1.807, 2.05) is 0 Å². The summed E-state index contributed by atoms with van der Waals surface area (Å²) in [6.45, 7) is 2.92. The fourth-order valence-electron chi connectivity index (χ4n) is 4.18. The van der Waals surface area contributed by atoms with Crippen molar-refractivity contribution in [1.29, 1.82) is 0 Å². The monoisotopic (exact) mass is 774 g/mol. The third kappa shape index (κ3) is 12.4. The summed E-state index contributed by atoms with van der Waals surface area (Å²) in [5.74, 6) is -1.01. The number of amides is 4. The summed E-state index contributed by atoms with van der Waals surface area (Å²) in [6, 6.07) is 1.70. The van der Waals surface area contributed by atoms with Crippen molar-refractivity contribution in [1.82, 2.24) is 20.5 Å². The molecule has 13 heteroatoms. The van der Waals surface area contributed by atoms with Crippen molar-refractivity contribution in [2.24, 2.45) is 11.8 Å². The number of nitrogens with one attached hydrogen (secondary N) is 4. The fourth-order valence-corrected chi connectivity index (χ4v) is 4.18. The average molecular weight is 774 g/mol. The van der Waals surface area contributed by atoms with E-state index in [1.54, 1.807) is 6.92 Å². The number of hydrogen-bond donors (Lipinski definition) is 4. The first kappa shape index (κ1) is 37.0. The SMILES string of the molecule is CCNC(=O)C(=O)CC[C@H](NC(C)=O)C(=O)Nc1cccn(CC(=O)NC)c1=O.[CH-]1C2CCC[C@H]1C2.[Rb+].[Re]. The quantitative estimate of drug-likeness (QED) is 0.153. The number of hydrogen-bond acceptors (Lipinski definition) is 6. The van der Waals surface area contributed by atoms with Gasteiger partial charge >= 0.3 is 58.2 Å². The van der Waals surface area contributed by atoms with Gasteiger partial charge in [-0.05, 0) is 25.5 Å². The first-order valence-corrected chi connectivity index (χ1v) is 12.3. The van der Waals surface area contributed by atoms with Crippen molar-refractivity contribution in [3.63, 3.8) is 0 Å². The van der Waals surface area contributed by atoms with Crippen LogP contribution in [0, 0.1) is 18.3 Å². The zero-order valence-corrected chi connectivity index (χ0v) is 30.1. The van der Waals surface area contributed by atoms with Crippen LogP contribution >= 0.6 is 0 Å². The van der Waals surface area contributed by atoms with Crippen LogP contribution in [0.1, 0.15) is 52.4 Å². The Kier molecular flexibility index (Phi) is 18.6. The molecule has 1 heterocycles. The topological polar surface area (TPSA) is 155 Å². The molecule has 0 spiro atoms. The van der Waals surface area contributed by atoms with Gasteiger partial charge in [0.1, 0.15) is 18.3 Å². The number of likely N-dealkylation sites (N-methyl/N-ethyl adjacent to an activating group) is 2. The van der Waals surface area contributed by atoms with Crippen LogP contribution in [0.25, 0.3) is 0 Å². The van der Waals surface area contributed by atoms with Crippen LogP contribution in [-0.4, -0.2) is 53.6 Å². The van der Waals surface area contributed by atoms with Crippen LogP contribution < -0.4 is 85.0 Å². The summed E-state index contributed by atoms with van der Waals surface area (Å²) in [5, 5.41) is 9.54. The summed E-state index contributed by atoms with van der Waals surface area (Å²) in [7, 11) is 1.43. The number of fused-ring (bicyclic) bond motifs is 2. The zero-order chi connectivity index (χ0) is 26.7. The first-order chi connectivity index (χ1) is 17.1. The van der Waals surface area contributed by atoms with Crippen molar-refractivity contribution in [3.8, 4) is 0 Å². The number of rotatable bonds is 10. The second-order valence-electron chi connectivity index (χ2n) is 8.97. The van der Waals surface area contributed by atoms with Gasteiger partial charge in [-0.3, -0.25) is 28.8 Å². The van der Waals surface area contributed by atoms with Crippen LogP contribution in [0.5, 0.6) is 0 Å². The summed E-state index contributed by atoms with van der Waals surface area (Å²) >= 11 is 0. The molecule has 11 nitrogen and oxygen atoms in total. The maximum Gasteiger partial charge on any atom is 1.00 e. The molecule has 4 rings (SSSR count). The largest absolute Gasteiger partial charge is 1.00 e. The standard InChI is InChI=1S/C18H25N5O6.C7H11.Rb.Re/c1-4-20-17(28)14(25)8-7-12(21-11(2)24)16(27)22-13-6-5-9-23(18(13)29)10-15(26)19-3;1-2-6-4-7(3-1)5-6;;/h5-6,9,12H,4,7-8,10H2,1-3H3,(H,19,26)(H,20,28)(H,21,24)(H,22,27);4,6-7H,1-3,5H2;;/q;-1;+1;/t12-;6-,7?;;/m01../s1. The van der Waals surface area contributed by atoms with Crippen LogP contribution in [-0.2, 0) is 50.9 Å². The number of nitrogens with zero attached hydrogens (tertiary/aromatic N) is 1. The maximum absolute atomic E-state index is 12.5. The van der Waals surface area contributed by atoms with Crippen molar-refractivity contribution in [2.45, 2.75) is 65.0 Å². The van der Waals surface area contributed by atoms with Gasteiger partial charge in [0, 0.05) is 53.6 Å². The molecule has 3 atom stereocenters. The Bertz CT molecular complexity index is 1010. The Hall–Kier alpha value is -1.03. The number of Topliss-reactive ketones (excluding diaryl/α,β-unsaturated/α-hetero) is 1. The number of carbonyl (C=O) groups is 5. The van der Waals surface area contributed by atoms with Crippen LogP contribution in [0.15, 0.2) is 23.1 Å². The van der Waals surface area contributed by atoms with E-state index in [2.05, 4.69) is 27.7 Å². The van der Waals surface area contributed by atoms with Crippen LogP contribution in [0.2, 0.25) is 0 Å². The van der Waals surface area contributed by atoms with Gasteiger partial charge in [-0.25, -0.2) is 0 Å². The zero-order valence-electron chi connectivity index (χ0n) is 22.5. The molecule has 3 aliphatic rings. The molecule has 0 aliphatic heterocycles. The van der Waals surface area contributed by atoms with Crippen molar-refractivity contribution in [3.05, 3.63) is 35.1 Å². The van der Waals surface area contributed by atoms with Gasteiger partial charge in [-0.2, -0.15) is 11.8 Å². The minimum Gasteiger partial charge on any atom is -0.358 e. The molecular weight excluding hydrogens is 738 g/mol. The molecule has 4 amide bonds. The Labute approximate surface area is 285 Å². The third-order valence-electron chi connectivity index (χ3n) is 6.12. The van der Waals surface area contributed by atoms with Crippen molar-refractivity contribution < 1.29 is 103 Å². The van der Waals surface area contributed by atoms with Gasteiger partial charge in [0.05, 0.1) is 0 Å². The van der Waals surface area contributed by atoms with Crippen LogP contribution in [0.3, 0.4) is 0 Å². The molecule has 205 valence electrons. The molecule has 3 fully saturated rings. The minimum atomic E-state index is -1.13.